The van der Waals surface area contributed by atoms with Crippen molar-refractivity contribution < 1.29 is 23.8 Å². The van der Waals surface area contributed by atoms with Crippen LogP contribution in [-0.4, -0.2) is 43.2 Å². The van der Waals surface area contributed by atoms with Crippen LogP contribution in [0.4, 0.5) is 5.69 Å². The summed E-state index contributed by atoms with van der Waals surface area (Å²) in [6.45, 7) is 0. The van der Waals surface area contributed by atoms with Crippen molar-refractivity contribution >= 4 is 33.6 Å². The zero-order valence-corrected chi connectivity index (χ0v) is 14.7. The van der Waals surface area contributed by atoms with Gasteiger partial charge in [-0.3, -0.25) is 0 Å². The first-order chi connectivity index (χ1) is 11.4. The number of nitrogen functional groups attached to an aromatic ring is 1. The predicted molar refractivity (Wildman–Crippen MR) is 88.8 cm³/mol. The van der Waals surface area contributed by atoms with Crippen molar-refractivity contribution in [1.29, 1.82) is 0 Å². The summed E-state index contributed by atoms with van der Waals surface area (Å²) in [7, 11) is 3.91. The van der Waals surface area contributed by atoms with Crippen LogP contribution in [-0.2, 0) is 9.47 Å². The number of nitrogens with zero attached hydrogens (tertiary/aromatic N) is 2. The van der Waals surface area contributed by atoms with Crippen molar-refractivity contribution in [2.75, 3.05) is 27.1 Å². The molecule has 0 fully saturated rings. The highest BCUT2D eigenvalue weighted by atomic mass is 79.9. The molecular formula is C15H14BrN3O5. The molecule has 0 saturated carbocycles. The molecule has 9 heteroatoms. The number of carbonyl (C=O) groups excluding carboxylic acids is 2. The van der Waals surface area contributed by atoms with Crippen LogP contribution in [0.5, 0.6) is 5.88 Å². The molecule has 2 N–H and O–H groups in total. The van der Waals surface area contributed by atoms with E-state index in [0.29, 0.717) is 10.2 Å². The third-order valence-electron chi connectivity index (χ3n) is 3.18. The third-order valence-corrected chi connectivity index (χ3v) is 3.59. The van der Waals surface area contributed by atoms with Crippen LogP contribution >= 0.6 is 15.9 Å². The Morgan fingerprint density at radius 3 is 2.29 bits per heavy atom. The van der Waals surface area contributed by atoms with E-state index < -0.39 is 11.9 Å². The number of halogens is 1. The molecular weight excluding hydrogens is 382 g/mol. The average Bonchev–Trinajstić information content (AvgIpc) is 2.61. The summed E-state index contributed by atoms with van der Waals surface area (Å²) in [6.07, 6.45) is 1.37. The maximum Gasteiger partial charge on any atom is 0.340 e. The largest absolute Gasteiger partial charge is 0.481 e. The molecule has 0 radical (unpaired) electrons. The number of pyridine rings is 2. The topological polar surface area (TPSA) is 114 Å². The second-order valence-electron chi connectivity index (χ2n) is 4.51. The summed E-state index contributed by atoms with van der Waals surface area (Å²) >= 11 is 3.21. The molecule has 0 spiro atoms. The highest BCUT2D eigenvalue weighted by Crippen LogP contribution is 2.33. The number of rotatable bonds is 4. The van der Waals surface area contributed by atoms with Gasteiger partial charge in [0, 0.05) is 17.8 Å². The van der Waals surface area contributed by atoms with Crippen LogP contribution < -0.4 is 10.5 Å². The zero-order valence-electron chi connectivity index (χ0n) is 13.1. The highest BCUT2D eigenvalue weighted by Gasteiger charge is 2.22. The fourth-order valence-electron chi connectivity index (χ4n) is 2.02. The van der Waals surface area contributed by atoms with Crippen LogP contribution in [0.25, 0.3) is 11.3 Å². The summed E-state index contributed by atoms with van der Waals surface area (Å²) in [4.78, 5) is 32.2. The van der Waals surface area contributed by atoms with E-state index in [1.54, 1.807) is 0 Å². The molecule has 0 aliphatic carbocycles. The van der Waals surface area contributed by atoms with Crippen molar-refractivity contribution in [3.05, 3.63) is 34.1 Å². The SMILES string of the molecule is COC(=O)c1cc(OC)ncc1-c1nc(Br)cc(C(=O)OC)c1N. The number of hydrogen-bond acceptors (Lipinski definition) is 8. The minimum atomic E-state index is -0.627. The lowest BCUT2D eigenvalue weighted by Crippen LogP contribution is -2.11. The van der Waals surface area contributed by atoms with E-state index in [1.165, 1.54) is 39.7 Å². The molecule has 2 rings (SSSR count). The Morgan fingerprint density at radius 2 is 1.71 bits per heavy atom. The van der Waals surface area contributed by atoms with Gasteiger partial charge < -0.3 is 19.9 Å². The number of methoxy groups -OCH3 is 3. The van der Waals surface area contributed by atoms with Crippen LogP contribution in [0.3, 0.4) is 0 Å². The second-order valence-corrected chi connectivity index (χ2v) is 5.32. The zero-order chi connectivity index (χ0) is 17.9. The fourth-order valence-corrected chi connectivity index (χ4v) is 2.43. The Kier molecular flexibility index (Phi) is 5.35. The molecule has 2 aromatic heterocycles. The molecule has 0 saturated heterocycles. The molecule has 126 valence electrons. The molecule has 0 bridgehead atoms. The molecule has 0 aromatic carbocycles. The Hall–Kier alpha value is -2.68. The van der Waals surface area contributed by atoms with Crippen LogP contribution in [0, 0.1) is 0 Å². The van der Waals surface area contributed by atoms with Gasteiger partial charge in [0.2, 0.25) is 5.88 Å². The van der Waals surface area contributed by atoms with E-state index in [-0.39, 0.29) is 28.4 Å². The number of nitrogens with two attached hydrogens (primary N) is 1. The quantitative estimate of drug-likeness (QED) is 0.617. The maximum absolute atomic E-state index is 12.1. The van der Waals surface area contributed by atoms with Gasteiger partial charge in [-0.05, 0) is 22.0 Å². The Bertz CT molecular complexity index is 810. The van der Waals surface area contributed by atoms with E-state index in [9.17, 15) is 9.59 Å². The number of hydrogen-bond donors (Lipinski definition) is 1. The van der Waals surface area contributed by atoms with E-state index in [4.69, 9.17) is 19.9 Å². The van der Waals surface area contributed by atoms with Crippen LogP contribution in [0.2, 0.25) is 0 Å². The summed E-state index contributed by atoms with van der Waals surface area (Å²) in [5.41, 5.74) is 6.86. The molecule has 2 heterocycles. The monoisotopic (exact) mass is 395 g/mol. The van der Waals surface area contributed by atoms with Gasteiger partial charge in [-0.2, -0.15) is 0 Å². The van der Waals surface area contributed by atoms with Crippen molar-refractivity contribution in [2.24, 2.45) is 0 Å². The minimum Gasteiger partial charge on any atom is -0.481 e. The molecule has 0 aliphatic heterocycles. The van der Waals surface area contributed by atoms with Gasteiger partial charge in [0.1, 0.15) is 4.60 Å². The van der Waals surface area contributed by atoms with Crippen molar-refractivity contribution in [3.63, 3.8) is 0 Å². The van der Waals surface area contributed by atoms with Gasteiger partial charge in [0.25, 0.3) is 0 Å². The highest BCUT2D eigenvalue weighted by molar-refractivity contribution is 9.10. The lowest BCUT2D eigenvalue weighted by Gasteiger charge is -2.13. The van der Waals surface area contributed by atoms with Crippen LogP contribution in [0.15, 0.2) is 22.9 Å². The van der Waals surface area contributed by atoms with Gasteiger partial charge in [-0.1, -0.05) is 0 Å². The molecule has 0 atom stereocenters. The first-order valence-corrected chi connectivity index (χ1v) is 7.39. The summed E-state index contributed by atoms with van der Waals surface area (Å²) in [5.74, 6) is -1.02. The fraction of sp³-hybridized carbons (Fsp3) is 0.200. The van der Waals surface area contributed by atoms with Gasteiger partial charge in [-0.25, -0.2) is 19.6 Å². The molecule has 0 aliphatic rings. The third kappa shape index (κ3) is 3.30. The number of ether oxygens (including phenoxy) is 3. The molecule has 2 aromatic rings. The van der Waals surface area contributed by atoms with Crippen molar-refractivity contribution in [3.8, 4) is 17.1 Å². The van der Waals surface area contributed by atoms with E-state index in [2.05, 4.69) is 25.9 Å². The smallest absolute Gasteiger partial charge is 0.340 e. The van der Waals surface area contributed by atoms with Crippen molar-refractivity contribution in [2.45, 2.75) is 0 Å². The van der Waals surface area contributed by atoms with E-state index >= 15 is 0 Å². The second kappa shape index (κ2) is 7.26. The predicted octanol–water partition coefficient (Wildman–Crippen LogP) is 2.07. The summed E-state index contributed by atoms with van der Waals surface area (Å²) in [5, 5.41) is 0. The first kappa shape index (κ1) is 17.7. The number of carbonyl (C=O) groups is 2. The lowest BCUT2D eigenvalue weighted by molar-refractivity contribution is 0.0593. The number of aromatic nitrogens is 2. The average molecular weight is 396 g/mol. The van der Waals surface area contributed by atoms with Crippen molar-refractivity contribution in [1.82, 2.24) is 9.97 Å². The Morgan fingerprint density at radius 1 is 1.08 bits per heavy atom. The Labute approximate surface area is 146 Å². The molecule has 8 nitrogen and oxygen atoms in total. The number of esters is 2. The first-order valence-electron chi connectivity index (χ1n) is 6.60. The van der Waals surface area contributed by atoms with Crippen LogP contribution in [0.1, 0.15) is 20.7 Å². The van der Waals surface area contributed by atoms with Gasteiger partial charge in [-0.15, -0.1) is 0 Å². The molecule has 0 unspecified atom stereocenters. The summed E-state index contributed by atoms with van der Waals surface area (Å²) < 4.78 is 14.8. The van der Waals surface area contributed by atoms with Gasteiger partial charge in [0.05, 0.1) is 43.8 Å². The molecule has 24 heavy (non-hydrogen) atoms. The van der Waals surface area contributed by atoms with E-state index in [0.717, 1.165) is 0 Å². The molecule has 0 amide bonds. The van der Waals surface area contributed by atoms with Gasteiger partial charge in [0.15, 0.2) is 0 Å². The number of anilines is 1. The lowest BCUT2D eigenvalue weighted by atomic mass is 10.0. The summed E-state index contributed by atoms with van der Waals surface area (Å²) in [6, 6.07) is 2.83. The van der Waals surface area contributed by atoms with Gasteiger partial charge >= 0.3 is 11.9 Å². The van der Waals surface area contributed by atoms with E-state index in [1.807, 2.05) is 0 Å². The standard InChI is InChI=1S/C15H14BrN3O5/c1-22-11-5-7(14(20)23-2)9(6-18-11)13-12(17)8(15(21)24-3)4-10(16)19-13/h4-6H,17H2,1-3H3. The Balaban J connectivity index is 2.74. The minimum absolute atomic E-state index is 0.0576. The maximum atomic E-state index is 12.1. The normalized spacial score (nSPS) is 10.2.